The van der Waals surface area contributed by atoms with E-state index in [-0.39, 0.29) is 23.1 Å². The van der Waals surface area contributed by atoms with Crippen LogP contribution in [-0.4, -0.2) is 35.9 Å². The predicted molar refractivity (Wildman–Crippen MR) is 160 cm³/mol. The molecule has 2 amide bonds. The lowest BCUT2D eigenvalue weighted by molar-refractivity contribution is -0.137. The van der Waals surface area contributed by atoms with E-state index in [0.29, 0.717) is 15.7 Å². The average Bonchev–Trinajstić information content (AvgIpc) is 2.93. The lowest BCUT2D eigenvalue weighted by Gasteiger charge is -2.23. The number of esters is 1. The minimum Gasteiger partial charge on any atom is -0.493 e. The van der Waals surface area contributed by atoms with Gasteiger partial charge in [0, 0.05) is 33.6 Å². The van der Waals surface area contributed by atoms with E-state index in [1.807, 2.05) is 38.1 Å². The van der Waals surface area contributed by atoms with Gasteiger partial charge in [0.15, 0.2) is 11.4 Å². The Kier molecular flexibility index (Phi) is 10.9. The van der Waals surface area contributed by atoms with Crippen molar-refractivity contribution < 1.29 is 23.9 Å². The summed E-state index contributed by atoms with van der Waals surface area (Å²) >= 11 is 12.2. The number of nitrogens with one attached hydrogen (secondary N) is 2. The average molecular weight is 599 g/mol. The molecule has 0 spiro atoms. The molecule has 0 unspecified atom stereocenters. The number of carbonyl (C=O) groups is 3. The fraction of sp³-hybridized carbons (Fsp3) is 0.290. The first kappa shape index (κ1) is 31.6. The summed E-state index contributed by atoms with van der Waals surface area (Å²) in [6, 6.07) is 15.0. The van der Waals surface area contributed by atoms with Crippen LogP contribution < -0.4 is 20.1 Å². The van der Waals surface area contributed by atoms with Gasteiger partial charge in [0.05, 0.1) is 13.0 Å². The van der Waals surface area contributed by atoms with Crippen LogP contribution in [0.2, 0.25) is 10.0 Å². The summed E-state index contributed by atoms with van der Waals surface area (Å²) in [6.07, 6.45) is 1.36. The van der Waals surface area contributed by atoms with Gasteiger partial charge in [-0.25, -0.2) is 4.98 Å². The highest BCUT2D eigenvalue weighted by Gasteiger charge is 2.29. The number of ether oxygens (including phenoxy) is 2. The van der Waals surface area contributed by atoms with E-state index in [9.17, 15) is 14.4 Å². The van der Waals surface area contributed by atoms with Gasteiger partial charge in [0.2, 0.25) is 11.7 Å². The molecule has 1 atom stereocenters. The van der Waals surface area contributed by atoms with Crippen LogP contribution in [0.3, 0.4) is 0 Å². The van der Waals surface area contributed by atoms with Gasteiger partial charge in [-0.1, -0.05) is 75.2 Å². The highest BCUT2D eigenvalue weighted by Crippen LogP contribution is 2.31. The Balaban J connectivity index is 1.94. The quantitative estimate of drug-likeness (QED) is 0.265. The van der Waals surface area contributed by atoms with E-state index >= 15 is 0 Å². The number of benzene rings is 2. The minimum atomic E-state index is -0.948. The van der Waals surface area contributed by atoms with Gasteiger partial charge in [-0.15, -0.1) is 0 Å². The largest absolute Gasteiger partial charge is 0.493 e. The molecule has 0 fully saturated rings. The van der Waals surface area contributed by atoms with Gasteiger partial charge in [0.25, 0.3) is 5.91 Å². The van der Waals surface area contributed by atoms with Crippen molar-refractivity contribution in [3.05, 3.63) is 93.4 Å². The molecule has 0 saturated carbocycles. The Morgan fingerprint density at radius 1 is 0.854 bits per heavy atom. The number of allylic oxidation sites excluding steroid dienone is 1. The first-order valence-electron chi connectivity index (χ1n) is 13.0. The molecule has 1 aromatic heterocycles. The van der Waals surface area contributed by atoms with Crippen molar-refractivity contribution in [2.45, 2.75) is 40.7 Å². The van der Waals surface area contributed by atoms with Crippen molar-refractivity contribution in [2.24, 2.45) is 11.8 Å². The SMILES string of the molecule is COc1ccnc(C(=O)N[C@H](C(=O)NC(C)=C(c2ccc(Cl)cc2)c2ccc(Cl)cc2)C(C)C)c1OC(=O)C(C)C. The summed E-state index contributed by atoms with van der Waals surface area (Å²) in [5.41, 5.74) is 2.81. The number of halogens is 2. The number of methoxy groups -OCH3 is 1. The van der Waals surface area contributed by atoms with E-state index in [4.69, 9.17) is 32.7 Å². The van der Waals surface area contributed by atoms with Crippen LogP contribution in [0.4, 0.5) is 0 Å². The molecule has 3 aromatic rings. The molecule has 2 aromatic carbocycles. The molecule has 0 aliphatic heterocycles. The molecule has 8 nitrogen and oxygen atoms in total. The molecule has 3 rings (SSSR count). The monoisotopic (exact) mass is 597 g/mol. The summed E-state index contributed by atoms with van der Waals surface area (Å²) in [4.78, 5) is 43.4. The number of hydrogen-bond acceptors (Lipinski definition) is 6. The molecule has 0 radical (unpaired) electrons. The molecule has 1 heterocycles. The maximum absolute atomic E-state index is 13.6. The first-order chi connectivity index (χ1) is 19.4. The van der Waals surface area contributed by atoms with E-state index in [2.05, 4.69) is 15.6 Å². The third kappa shape index (κ3) is 8.08. The molecule has 0 bridgehead atoms. The Labute approximate surface area is 250 Å². The van der Waals surface area contributed by atoms with Crippen molar-refractivity contribution in [1.29, 1.82) is 0 Å². The van der Waals surface area contributed by atoms with E-state index in [1.54, 1.807) is 45.0 Å². The molecule has 0 aliphatic carbocycles. The fourth-order valence-electron chi connectivity index (χ4n) is 3.97. The number of rotatable bonds is 10. The zero-order chi connectivity index (χ0) is 30.3. The van der Waals surface area contributed by atoms with E-state index in [1.165, 1.54) is 19.4 Å². The number of nitrogens with zero attached hydrogens (tertiary/aromatic N) is 1. The highest BCUT2D eigenvalue weighted by atomic mass is 35.5. The molecule has 10 heteroatoms. The van der Waals surface area contributed by atoms with E-state index < -0.39 is 29.7 Å². The van der Waals surface area contributed by atoms with Crippen LogP contribution in [0, 0.1) is 11.8 Å². The van der Waals surface area contributed by atoms with Crippen LogP contribution in [0.25, 0.3) is 5.57 Å². The lowest BCUT2D eigenvalue weighted by atomic mass is 9.95. The number of pyridine rings is 1. The maximum Gasteiger partial charge on any atom is 0.313 e. The third-order valence-electron chi connectivity index (χ3n) is 6.16. The zero-order valence-electron chi connectivity index (χ0n) is 23.7. The van der Waals surface area contributed by atoms with Gasteiger partial charge in [-0.3, -0.25) is 14.4 Å². The predicted octanol–water partition coefficient (Wildman–Crippen LogP) is 6.31. The van der Waals surface area contributed by atoms with Crippen molar-refractivity contribution in [1.82, 2.24) is 15.6 Å². The van der Waals surface area contributed by atoms with Gasteiger partial charge in [-0.2, -0.15) is 0 Å². The second-order valence-corrected chi connectivity index (χ2v) is 10.8. The number of carbonyl (C=O) groups excluding carboxylic acids is 3. The van der Waals surface area contributed by atoms with Crippen molar-refractivity contribution in [2.75, 3.05) is 7.11 Å². The fourth-order valence-corrected chi connectivity index (χ4v) is 4.22. The van der Waals surface area contributed by atoms with Gasteiger partial charge in [0.1, 0.15) is 6.04 Å². The van der Waals surface area contributed by atoms with Crippen molar-refractivity contribution in [3.63, 3.8) is 0 Å². The standard InChI is InChI=1S/C31H33Cl2N3O5/c1-17(2)26(36-30(38)27-28(41-31(39)18(3)4)24(40-6)15-16-34-27)29(37)35-19(5)25(20-7-11-22(32)12-8-20)21-9-13-23(33)14-10-21/h7-18,26H,1-6H3,(H,35,37)(H,36,38)/t26-/m0/s1. The molecule has 2 N–H and O–H groups in total. The normalized spacial score (nSPS) is 11.6. The zero-order valence-corrected chi connectivity index (χ0v) is 25.3. The summed E-state index contributed by atoms with van der Waals surface area (Å²) in [7, 11) is 1.39. The Morgan fingerprint density at radius 2 is 1.39 bits per heavy atom. The van der Waals surface area contributed by atoms with Crippen LogP contribution in [0.1, 0.15) is 56.2 Å². The Bertz CT molecular complexity index is 1390. The first-order valence-corrected chi connectivity index (χ1v) is 13.8. The Hall–Kier alpha value is -3.88. The second-order valence-electron chi connectivity index (χ2n) is 9.96. The number of aromatic nitrogens is 1. The summed E-state index contributed by atoms with van der Waals surface area (Å²) in [6.45, 7) is 8.73. The van der Waals surface area contributed by atoms with Gasteiger partial charge < -0.3 is 20.1 Å². The van der Waals surface area contributed by atoms with E-state index in [0.717, 1.165) is 16.7 Å². The summed E-state index contributed by atoms with van der Waals surface area (Å²) in [5.74, 6) is -2.38. The van der Waals surface area contributed by atoms with Crippen LogP contribution in [0.15, 0.2) is 66.5 Å². The smallest absolute Gasteiger partial charge is 0.313 e. The second kappa shape index (κ2) is 14.1. The Morgan fingerprint density at radius 3 is 1.85 bits per heavy atom. The van der Waals surface area contributed by atoms with Crippen molar-refractivity contribution >= 4 is 46.6 Å². The van der Waals surface area contributed by atoms with Crippen molar-refractivity contribution in [3.8, 4) is 11.5 Å². The molecule has 41 heavy (non-hydrogen) atoms. The number of amides is 2. The van der Waals surface area contributed by atoms with Crippen LogP contribution in [-0.2, 0) is 9.59 Å². The third-order valence-corrected chi connectivity index (χ3v) is 6.67. The minimum absolute atomic E-state index is 0.113. The molecule has 216 valence electrons. The summed E-state index contributed by atoms with van der Waals surface area (Å²) < 4.78 is 10.7. The maximum atomic E-state index is 13.6. The van der Waals surface area contributed by atoms with Gasteiger partial charge >= 0.3 is 5.97 Å². The van der Waals surface area contributed by atoms with Gasteiger partial charge in [-0.05, 0) is 48.2 Å². The summed E-state index contributed by atoms with van der Waals surface area (Å²) in [5, 5.41) is 6.87. The van der Waals surface area contributed by atoms with Crippen LogP contribution in [0.5, 0.6) is 11.5 Å². The molecule has 0 saturated heterocycles. The van der Waals surface area contributed by atoms with Crippen LogP contribution >= 0.6 is 23.2 Å². The molecular formula is C31H33Cl2N3O5. The topological polar surface area (TPSA) is 107 Å². The molecular weight excluding hydrogens is 565 g/mol. The lowest BCUT2D eigenvalue weighted by Crippen LogP contribution is -2.49. The molecule has 0 aliphatic rings. The highest BCUT2D eigenvalue weighted by molar-refractivity contribution is 6.31. The number of hydrogen-bond donors (Lipinski definition) is 2.